The summed E-state index contributed by atoms with van der Waals surface area (Å²) in [5.41, 5.74) is 5.02. The van der Waals surface area contributed by atoms with Crippen LogP contribution in [-0.2, 0) is 13.5 Å². The molecule has 1 aromatic heterocycles. The van der Waals surface area contributed by atoms with Crippen molar-refractivity contribution in [1.29, 1.82) is 0 Å². The number of aromatic nitrogens is 2. The molecule has 0 N–H and O–H groups in total. The fraction of sp³-hybridized carbons (Fsp3) is 0.400. The van der Waals surface area contributed by atoms with E-state index in [2.05, 4.69) is 53.0 Å². The Morgan fingerprint density at radius 1 is 1.14 bits per heavy atom. The van der Waals surface area contributed by atoms with Crippen molar-refractivity contribution >= 4 is 10.9 Å². The lowest BCUT2D eigenvalue weighted by atomic mass is 9.86. The molecule has 1 fully saturated rings. The fourth-order valence-electron chi connectivity index (χ4n) is 4.86. The van der Waals surface area contributed by atoms with Crippen molar-refractivity contribution in [2.75, 3.05) is 19.6 Å². The van der Waals surface area contributed by atoms with Crippen LogP contribution in [0.1, 0.15) is 31.2 Å². The molecular weight excluding hydrogens is 358 g/mol. The van der Waals surface area contributed by atoms with Gasteiger partial charge in [0, 0.05) is 44.8 Å². The van der Waals surface area contributed by atoms with Gasteiger partial charge in [-0.1, -0.05) is 24.3 Å². The number of ether oxygens (including phenoxy) is 1. The molecule has 29 heavy (non-hydrogen) atoms. The van der Waals surface area contributed by atoms with E-state index >= 15 is 0 Å². The highest BCUT2D eigenvalue weighted by Crippen LogP contribution is 2.42. The highest BCUT2D eigenvalue weighted by Gasteiger charge is 2.41. The quantitative estimate of drug-likeness (QED) is 0.457. The zero-order valence-corrected chi connectivity index (χ0v) is 17.2. The average molecular weight is 388 g/mol. The molecule has 4 heteroatoms. The number of hydrogen-bond acceptors (Lipinski definition) is 3. The monoisotopic (exact) mass is 387 g/mol. The van der Waals surface area contributed by atoms with Gasteiger partial charge >= 0.3 is 0 Å². The number of hydrogen-bond donors (Lipinski definition) is 0. The number of unbranched alkanes of at least 4 members (excludes halogenated alkanes) is 1. The number of aryl methyl sites for hydroxylation is 1. The summed E-state index contributed by atoms with van der Waals surface area (Å²) in [7, 11) is 2.00. The maximum absolute atomic E-state index is 6.52. The van der Waals surface area contributed by atoms with Crippen molar-refractivity contribution in [2.24, 2.45) is 7.05 Å². The highest BCUT2D eigenvalue weighted by molar-refractivity contribution is 5.84. The fourth-order valence-corrected chi connectivity index (χ4v) is 4.86. The lowest BCUT2D eigenvalue weighted by molar-refractivity contribution is 0.0193. The molecule has 1 saturated heterocycles. The van der Waals surface area contributed by atoms with E-state index in [1.807, 2.05) is 24.0 Å². The second-order valence-electron chi connectivity index (χ2n) is 8.60. The number of nitrogens with zero attached hydrogens (tertiary/aromatic N) is 3. The van der Waals surface area contributed by atoms with E-state index in [0.717, 1.165) is 44.5 Å². The minimum absolute atomic E-state index is 0.00187. The van der Waals surface area contributed by atoms with E-state index in [0.29, 0.717) is 0 Å². The Hall–Kier alpha value is -2.59. The third kappa shape index (κ3) is 3.46. The van der Waals surface area contributed by atoms with E-state index in [9.17, 15) is 0 Å². The molecule has 2 aliphatic heterocycles. The predicted molar refractivity (Wildman–Crippen MR) is 118 cm³/mol. The highest BCUT2D eigenvalue weighted by atomic mass is 16.5. The summed E-state index contributed by atoms with van der Waals surface area (Å²) in [6.45, 7) is 7.27. The number of benzene rings is 2. The van der Waals surface area contributed by atoms with Crippen LogP contribution in [0.2, 0.25) is 0 Å². The van der Waals surface area contributed by atoms with Gasteiger partial charge in [-0.05, 0) is 54.3 Å². The van der Waals surface area contributed by atoms with Crippen LogP contribution < -0.4 is 4.74 Å². The SMILES string of the molecule is C=CCCCN1CCC2(CC1)Cc1cc(-c3ccc4cnn(C)c4c3)ccc1O2. The second-order valence-corrected chi connectivity index (χ2v) is 8.60. The maximum Gasteiger partial charge on any atom is 0.123 e. The van der Waals surface area contributed by atoms with Crippen LogP contribution in [0.25, 0.3) is 22.0 Å². The van der Waals surface area contributed by atoms with Crippen LogP contribution in [0.3, 0.4) is 0 Å². The second kappa shape index (κ2) is 7.34. The van der Waals surface area contributed by atoms with E-state index in [4.69, 9.17) is 4.74 Å². The Kier molecular flexibility index (Phi) is 4.67. The van der Waals surface area contributed by atoms with Gasteiger partial charge in [-0.15, -0.1) is 6.58 Å². The molecule has 3 heterocycles. The van der Waals surface area contributed by atoms with Crippen LogP contribution in [0.15, 0.2) is 55.3 Å². The molecule has 2 aromatic carbocycles. The van der Waals surface area contributed by atoms with E-state index in [-0.39, 0.29) is 5.60 Å². The van der Waals surface area contributed by atoms with Crippen molar-refractivity contribution in [3.05, 3.63) is 60.8 Å². The number of likely N-dealkylation sites (tertiary alicyclic amines) is 1. The van der Waals surface area contributed by atoms with Crippen LogP contribution >= 0.6 is 0 Å². The number of allylic oxidation sites excluding steroid dienone is 1. The Labute approximate surface area is 172 Å². The van der Waals surface area contributed by atoms with E-state index in [1.54, 1.807) is 0 Å². The lowest BCUT2D eigenvalue weighted by Gasteiger charge is -2.38. The number of piperidine rings is 1. The van der Waals surface area contributed by atoms with Gasteiger partial charge in [-0.25, -0.2) is 0 Å². The van der Waals surface area contributed by atoms with Crippen molar-refractivity contribution < 1.29 is 4.74 Å². The molecule has 0 radical (unpaired) electrons. The van der Waals surface area contributed by atoms with Gasteiger partial charge in [-0.3, -0.25) is 4.68 Å². The summed E-state index contributed by atoms with van der Waals surface area (Å²) in [6, 6.07) is 13.3. The summed E-state index contributed by atoms with van der Waals surface area (Å²) < 4.78 is 8.46. The lowest BCUT2D eigenvalue weighted by Crippen LogP contribution is -2.47. The molecular formula is C25H29N3O. The van der Waals surface area contributed by atoms with Crippen molar-refractivity contribution in [1.82, 2.24) is 14.7 Å². The van der Waals surface area contributed by atoms with Crippen LogP contribution in [0.4, 0.5) is 0 Å². The molecule has 0 atom stereocenters. The van der Waals surface area contributed by atoms with Crippen LogP contribution in [-0.4, -0.2) is 39.9 Å². The van der Waals surface area contributed by atoms with Crippen molar-refractivity contribution in [3.8, 4) is 16.9 Å². The minimum Gasteiger partial charge on any atom is -0.487 e. The predicted octanol–water partition coefficient (Wildman–Crippen LogP) is 4.98. The molecule has 150 valence electrons. The molecule has 2 aliphatic rings. The molecule has 0 amide bonds. The van der Waals surface area contributed by atoms with Gasteiger partial charge in [0.25, 0.3) is 0 Å². The smallest absolute Gasteiger partial charge is 0.123 e. The molecule has 0 aliphatic carbocycles. The molecule has 4 nitrogen and oxygen atoms in total. The Bertz CT molecular complexity index is 1040. The topological polar surface area (TPSA) is 30.3 Å². The maximum atomic E-state index is 6.52. The van der Waals surface area contributed by atoms with Crippen molar-refractivity contribution in [3.63, 3.8) is 0 Å². The van der Waals surface area contributed by atoms with Gasteiger partial charge in [-0.2, -0.15) is 5.10 Å². The molecule has 0 unspecified atom stereocenters. The minimum atomic E-state index is 0.00187. The molecule has 0 bridgehead atoms. The standard InChI is InChI=1S/C25H29N3O/c1-3-4-5-12-28-13-10-25(11-14-28)17-22-15-19(8-9-24(22)29-25)20-6-7-21-18-26-27(2)23(21)16-20/h3,6-9,15-16,18H,1,4-5,10-14,17H2,2H3. The normalized spacial score (nSPS) is 18.1. The summed E-state index contributed by atoms with van der Waals surface area (Å²) in [5, 5.41) is 5.54. The van der Waals surface area contributed by atoms with E-state index < -0.39 is 0 Å². The van der Waals surface area contributed by atoms with Gasteiger partial charge in [0.15, 0.2) is 0 Å². The largest absolute Gasteiger partial charge is 0.487 e. The molecule has 3 aromatic rings. The summed E-state index contributed by atoms with van der Waals surface area (Å²) in [4.78, 5) is 2.58. The third-order valence-electron chi connectivity index (χ3n) is 6.63. The van der Waals surface area contributed by atoms with Crippen LogP contribution in [0, 0.1) is 0 Å². The Balaban J connectivity index is 1.32. The first-order chi connectivity index (χ1) is 14.2. The molecule has 5 rings (SSSR count). The van der Waals surface area contributed by atoms with Gasteiger partial charge in [0.05, 0.1) is 11.7 Å². The average Bonchev–Trinajstić information content (AvgIpc) is 3.29. The Morgan fingerprint density at radius 3 is 2.76 bits per heavy atom. The molecule has 0 saturated carbocycles. The number of rotatable bonds is 5. The summed E-state index contributed by atoms with van der Waals surface area (Å²) in [6.07, 6.45) is 9.52. The number of fused-ring (bicyclic) bond motifs is 2. The zero-order valence-electron chi connectivity index (χ0n) is 17.2. The summed E-state index contributed by atoms with van der Waals surface area (Å²) in [5.74, 6) is 1.08. The van der Waals surface area contributed by atoms with Gasteiger partial charge in [0.1, 0.15) is 11.4 Å². The molecule has 1 spiro atoms. The zero-order chi connectivity index (χ0) is 19.8. The van der Waals surface area contributed by atoms with E-state index in [1.165, 1.54) is 40.6 Å². The van der Waals surface area contributed by atoms with Gasteiger partial charge < -0.3 is 9.64 Å². The van der Waals surface area contributed by atoms with Gasteiger partial charge in [0.2, 0.25) is 0 Å². The summed E-state index contributed by atoms with van der Waals surface area (Å²) >= 11 is 0. The Morgan fingerprint density at radius 2 is 1.93 bits per heavy atom. The first kappa shape index (κ1) is 18.4. The first-order valence-electron chi connectivity index (χ1n) is 10.7. The third-order valence-corrected chi connectivity index (χ3v) is 6.63. The van der Waals surface area contributed by atoms with Crippen LogP contribution in [0.5, 0.6) is 5.75 Å². The first-order valence-corrected chi connectivity index (χ1v) is 10.7. The van der Waals surface area contributed by atoms with Crippen molar-refractivity contribution in [2.45, 2.75) is 37.7 Å².